The minimum Gasteiger partial charge on any atom is -0.492 e. The molecule has 0 aliphatic carbocycles. The van der Waals surface area contributed by atoms with Crippen LogP contribution in [0.25, 0.3) is 0 Å². The molecule has 0 atom stereocenters. The number of amides is 1. The van der Waals surface area contributed by atoms with Gasteiger partial charge in [-0.1, -0.05) is 11.6 Å². The van der Waals surface area contributed by atoms with Crippen LogP contribution in [0.4, 0.5) is 4.39 Å². The summed E-state index contributed by atoms with van der Waals surface area (Å²) >= 11 is 5.72. The minimum absolute atomic E-state index is 0.129. The Labute approximate surface area is 102 Å². The van der Waals surface area contributed by atoms with Crippen LogP contribution in [0.1, 0.15) is 17.5 Å². The highest BCUT2D eigenvalue weighted by atomic mass is 35.5. The van der Waals surface area contributed by atoms with E-state index < -0.39 is 17.4 Å². The Balaban J connectivity index is 2.66. The molecule has 0 unspecified atom stereocenters. The van der Waals surface area contributed by atoms with E-state index in [1.54, 1.807) is 0 Å². The summed E-state index contributed by atoms with van der Waals surface area (Å²) in [5, 5.41) is 7.38. The highest BCUT2D eigenvalue weighted by Crippen LogP contribution is 2.35. The monoisotopic (exact) mass is 256 g/mol. The van der Waals surface area contributed by atoms with Crippen molar-refractivity contribution < 1.29 is 13.9 Å². The van der Waals surface area contributed by atoms with Gasteiger partial charge in [-0.25, -0.2) is 4.39 Å². The maximum atomic E-state index is 13.8. The summed E-state index contributed by atoms with van der Waals surface area (Å²) in [5.74, 6) is -1.64. The first-order chi connectivity index (χ1) is 8.02. The lowest BCUT2D eigenvalue weighted by molar-refractivity contribution is -0.112. The summed E-state index contributed by atoms with van der Waals surface area (Å²) in [5.41, 5.74) is 4.83. The number of nitrogens with two attached hydrogens (primary N) is 1. The van der Waals surface area contributed by atoms with E-state index in [1.807, 2.05) is 0 Å². The number of hydrogen-bond donors (Lipinski definition) is 2. The Kier molecular flexibility index (Phi) is 3.02. The highest BCUT2D eigenvalue weighted by molar-refractivity contribution is 6.45. The van der Waals surface area contributed by atoms with Crippen LogP contribution in [0.5, 0.6) is 5.75 Å². The van der Waals surface area contributed by atoms with Crippen molar-refractivity contribution in [1.82, 2.24) is 0 Å². The number of ether oxygens (including phenoxy) is 1. The molecule has 1 aromatic rings. The summed E-state index contributed by atoms with van der Waals surface area (Å²) in [4.78, 5) is 11.0. The molecule has 0 spiro atoms. The van der Waals surface area contributed by atoms with Crippen LogP contribution < -0.4 is 10.5 Å². The highest BCUT2D eigenvalue weighted by Gasteiger charge is 2.26. The van der Waals surface area contributed by atoms with Gasteiger partial charge in [0.05, 0.1) is 17.2 Å². The summed E-state index contributed by atoms with van der Waals surface area (Å²) < 4.78 is 19.2. The molecule has 0 fully saturated rings. The average Bonchev–Trinajstić information content (AvgIpc) is 2.30. The quantitative estimate of drug-likeness (QED) is 0.790. The third-order valence-electron chi connectivity index (χ3n) is 2.58. The molecule has 1 aliphatic heterocycles. The van der Waals surface area contributed by atoms with E-state index in [2.05, 4.69) is 0 Å². The third-order valence-corrected chi connectivity index (χ3v) is 2.86. The molecule has 2 rings (SSSR count). The molecular weight excluding hydrogens is 247 g/mol. The fraction of sp³-hybridized carbons (Fsp3) is 0.273. The van der Waals surface area contributed by atoms with E-state index in [4.69, 9.17) is 27.5 Å². The molecular formula is C11H10ClFN2O2. The summed E-state index contributed by atoms with van der Waals surface area (Å²) in [7, 11) is 0. The average molecular weight is 257 g/mol. The molecule has 0 bridgehead atoms. The van der Waals surface area contributed by atoms with Gasteiger partial charge >= 0.3 is 0 Å². The molecule has 0 saturated carbocycles. The second kappa shape index (κ2) is 4.33. The summed E-state index contributed by atoms with van der Waals surface area (Å²) in [6, 6.07) is 1.46. The maximum Gasteiger partial charge on any atom is 0.267 e. The number of hydrogen-bond acceptors (Lipinski definition) is 3. The first-order valence-electron chi connectivity index (χ1n) is 5.04. The SMILES string of the molecule is N=C(C(N)=O)c1c(F)c(Cl)cc2c1OCCC2. The second-order valence-corrected chi connectivity index (χ2v) is 4.13. The zero-order chi connectivity index (χ0) is 12.6. The van der Waals surface area contributed by atoms with Gasteiger partial charge in [0, 0.05) is 0 Å². The topological polar surface area (TPSA) is 76.2 Å². The molecule has 1 heterocycles. The molecule has 3 N–H and O–H groups in total. The molecule has 6 heteroatoms. The van der Waals surface area contributed by atoms with Crippen molar-refractivity contribution in [3.8, 4) is 5.75 Å². The Hall–Kier alpha value is -1.62. The maximum absolute atomic E-state index is 13.8. The zero-order valence-electron chi connectivity index (χ0n) is 8.85. The van der Waals surface area contributed by atoms with E-state index in [0.717, 1.165) is 6.42 Å². The Bertz CT molecular complexity index is 517. The van der Waals surface area contributed by atoms with Gasteiger partial charge in [-0.05, 0) is 24.5 Å². The number of carbonyl (C=O) groups is 1. The van der Waals surface area contributed by atoms with Crippen LogP contribution >= 0.6 is 11.6 Å². The van der Waals surface area contributed by atoms with Crippen molar-refractivity contribution in [2.24, 2.45) is 5.73 Å². The molecule has 4 nitrogen and oxygen atoms in total. The number of halogens is 2. The molecule has 17 heavy (non-hydrogen) atoms. The molecule has 1 aliphatic rings. The van der Waals surface area contributed by atoms with Crippen molar-refractivity contribution >= 4 is 23.2 Å². The van der Waals surface area contributed by atoms with Gasteiger partial charge in [-0.15, -0.1) is 0 Å². The van der Waals surface area contributed by atoms with Crippen molar-refractivity contribution in [2.75, 3.05) is 6.61 Å². The van der Waals surface area contributed by atoms with Gasteiger partial charge in [0.1, 0.15) is 11.5 Å². The van der Waals surface area contributed by atoms with Crippen LogP contribution in [0, 0.1) is 11.2 Å². The Morgan fingerprint density at radius 3 is 2.94 bits per heavy atom. The number of benzene rings is 1. The van der Waals surface area contributed by atoms with Crippen LogP contribution in [0.15, 0.2) is 6.07 Å². The fourth-order valence-electron chi connectivity index (χ4n) is 1.80. The van der Waals surface area contributed by atoms with Crippen molar-refractivity contribution in [2.45, 2.75) is 12.8 Å². The molecule has 90 valence electrons. The van der Waals surface area contributed by atoms with E-state index >= 15 is 0 Å². The lowest BCUT2D eigenvalue weighted by atomic mass is 9.98. The largest absolute Gasteiger partial charge is 0.492 e. The van der Waals surface area contributed by atoms with Crippen molar-refractivity contribution in [1.29, 1.82) is 5.41 Å². The van der Waals surface area contributed by atoms with Crippen LogP contribution in [0.2, 0.25) is 5.02 Å². The van der Waals surface area contributed by atoms with Crippen LogP contribution in [-0.4, -0.2) is 18.2 Å². The Morgan fingerprint density at radius 1 is 1.59 bits per heavy atom. The predicted molar refractivity (Wildman–Crippen MR) is 61.2 cm³/mol. The number of primary amides is 1. The van der Waals surface area contributed by atoms with Gasteiger partial charge < -0.3 is 10.5 Å². The normalized spacial score (nSPS) is 13.8. The fourth-order valence-corrected chi connectivity index (χ4v) is 2.02. The Morgan fingerprint density at radius 2 is 2.29 bits per heavy atom. The van der Waals surface area contributed by atoms with Gasteiger partial charge in [0.2, 0.25) is 0 Å². The second-order valence-electron chi connectivity index (χ2n) is 3.73. The third kappa shape index (κ3) is 1.98. The summed E-state index contributed by atoms with van der Waals surface area (Å²) in [6.45, 7) is 0.424. The van der Waals surface area contributed by atoms with Gasteiger partial charge in [-0.2, -0.15) is 0 Å². The smallest absolute Gasteiger partial charge is 0.267 e. The number of nitrogens with one attached hydrogen (secondary N) is 1. The van der Waals surface area contributed by atoms with Gasteiger partial charge in [0.15, 0.2) is 5.82 Å². The molecule has 1 amide bonds. The van der Waals surface area contributed by atoms with E-state index in [9.17, 15) is 9.18 Å². The van der Waals surface area contributed by atoms with Gasteiger partial charge in [0.25, 0.3) is 5.91 Å². The lowest BCUT2D eigenvalue weighted by Crippen LogP contribution is -2.26. The van der Waals surface area contributed by atoms with Crippen molar-refractivity contribution in [3.63, 3.8) is 0 Å². The van der Waals surface area contributed by atoms with E-state index in [0.29, 0.717) is 18.6 Å². The number of aryl methyl sites for hydroxylation is 1. The standard InChI is InChI=1S/C11H10ClFN2O2/c12-6-4-5-2-1-3-17-10(5)7(8(6)13)9(14)11(15)16/h4,14H,1-3H2,(H2,15,16). The predicted octanol–water partition coefficient (Wildman–Crippen LogP) is 1.66. The first-order valence-corrected chi connectivity index (χ1v) is 5.42. The minimum atomic E-state index is -1.01. The van der Waals surface area contributed by atoms with Crippen LogP contribution in [-0.2, 0) is 11.2 Å². The van der Waals surface area contributed by atoms with Gasteiger partial charge in [-0.3, -0.25) is 10.2 Å². The molecule has 0 radical (unpaired) electrons. The lowest BCUT2D eigenvalue weighted by Gasteiger charge is -2.21. The molecule has 1 aromatic carbocycles. The first kappa shape index (κ1) is 11.9. The number of rotatable bonds is 2. The summed E-state index contributed by atoms with van der Waals surface area (Å²) in [6.07, 6.45) is 1.46. The van der Waals surface area contributed by atoms with E-state index in [-0.39, 0.29) is 16.3 Å². The molecule has 0 aromatic heterocycles. The van der Waals surface area contributed by atoms with Crippen molar-refractivity contribution in [3.05, 3.63) is 28.0 Å². The number of fused-ring (bicyclic) bond motifs is 1. The zero-order valence-corrected chi connectivity index (χ0v) is 9.60. The molecule has 0 saturated heterocycles. The van der Waals surface area contributed by atoms with E-state index in [1.165, 1.54) is 6.07 Å². The van der Waals surface area contributed by atoms with Crippen LogP contribution in [0.3, 0.4) is 0 Å². The number of carbonyl (C=O) groups excluding carboxylic acids is 1.